The number of halogens is 4. The van der Waals surface area contributed by atoms with Crippen molar-refractivity contribution in [2.24, 2.45) is 0 Å². The zero-order valence-electron chi connectivity index (χ0n) is 49.4. The van der Waals surface area contributed by atoms with Crippen molar-refractivity contribution in [3.05, 3.63) is 106 Å². The first kappa shape index (κ1) is 67.6. The van der Waals surface area contributed by atoms with E-state index in [-0.39, 0.29) is 34.8 Å². The number of nitriles is 3. The van der Waals surface area contributed by atoms with E-state index >= 15 is 0 Å². The van der Waals surface area contributed by atoms with Crippen LogP contribution in [0.5, 0.6) is 0 Å². The predicted molar refractivity (Wildman–Crippen MR) is 343 cm³/mol. The Labute approximate surface area is 534 Å². The van der Waals surface area contributed by atoms with Gasteiger partial charge in [0.1, 0.15) is 10.0 Å². The third kappa shape index (κ3) is 18.8. The van der Waals surface area contributed by atoms with E-state index in [1.165, 1.54) is 50.6 Å². The van der Waals surface area contributed by atoms with Crippen LogP contribution in [0.25, 0.3) is 10.7 Å². The topological polar surface area (TPSA) is 271 Å². The molecule has 2 saturated carbocycles. The molecular formula is C56H67B3BrCl3N13O6S3. The van der Waals surface area contributed by atoms with Crippen LogP contribution >= 0.6 is 84.7 Å². The maximum Gasteiger partial charge on any atom is 0.505 e. The van der Waals surface area contributed by atoms with Crippen LogP contribution in [0.2, 0.25) is 15.3 Å². The van der Waals surface area contributed by atoms with Crippen LogP contribution < -0.4 is 15.4 Å². The molecule has 0 aromatic carbocycles. The van der Waals surface area contributed by atoms with Gasteiger partial charge in [-0.2, -0.15) is 31.0 Å². The van der Waals surface area contributed by atoms with E-state index < -0.39 is 18.2 Å². The molecule has 0 atom stereocenters. The molecule has 9 heterocycles. The fourth-order valence-corrected chi connectivity index (χ4v) is 11.0. The summed E-state index contributed by atoms with van der Waals surface area (Å²) >= 11 is 25.9. The zero-order chi connectivity index (χ0) is 62.1. The number of rotatable bonds is 15. The number of nitrogens with zero attached hydrogens (tertiary/aromatic N) is 9. The average Bonchev–Trinajstić information content (AvgIpc) is 2.38. The van der Waals surface area contributed by atoms with Gasteiger partial charge in [-0.05, 0) is 167 Å². The fourth-order valence-electron chi connectivity index (χ4n) is 7.42. The minimum Gasteiger partial charge on any atom is -0.435 e. The third-order valence-corrected chi connectivity index (χ3v) is 19.4. The summed E-state index contributed by atoms with van der Waals surface area (Å²) < 4.78 is 31.2. The highest BCUT2D eigenvalue weighted by Gasteiger charge is 2.53. The normalized spacial score (nSPS) is 17.0. The van der Waals surface area contributed by atoms with Gasteiger partial charge in [0.25, 0.3) is 0 Å². The van der Waals surface area contributed by atoms with Gasteiger partial charge in [-0.3, -0.25) is 10.2 Å². The third-order valence-electron chi connectivity index (χ3n) is 14.8. The summed E-state index contributed by atoms with van der Waals surface area (Å²) in [5.41, 5.74) is -0.754. The van der Waals surface area contributed by atoms with Gasteiger partial charge in [0.2, 0.25) is 5.28 Å². The number of aromatic nitrogens is 8. The number of thiophene rings is 3. The lowest BCUT2D eigenvalue weighted by atomic mass is 9.55. The van der Waals surface area contributed by atoms with Gasteiger partial charge in [-0.25, -0.2) is 15.0 Å². The second-order valence-corrected chi connectivity index (χ2v) is 29.3. The molecule has 1 radical (unpaired) electrons. The summed E-state index contributed by atoms with van der Waals surface area (Å²) in [6, 6.07) is 22.0. The summed E-state index contributed by atoms with van der Waals surface area (Å²) in [5.74, 6) is 4.17. The van der Waals surface area contributed by atoms with Crippen LogP contribution in [0.3, 0.4) is 0 Å². The summed E-state index contributed by atoms with van der Waals surface area (Å²) in [4.78, 5) is 20.6. The molecule has 2 aliphatic carbocycles. The highest BCUT2D eigenvalue weighted by molar-refractivity contribution is 9.11. The molecule has 29 heteroatoms. The molecule has 0 amide bonds. The van der Waals surface area contributed by atoms with E-state index in [9.17, 15) is 5.11 Å². The van der Waals surface area contributed by atoms with Crippen molar-refractivity contribution in [3.8, 4) is 28.9 Å². The first-order valence-corrected chi connectivity index (χ1v) is 31.6. The maximum absolute atomic E-state index is 10.00. The van der Waals surface area contributed by atoms with Gasteiger partial charge < -0.3 is 39.0 Å². The summed E-state index contributed by atoms with van der Waals surface area (Å²) in [6.45, 7) is 23.2. The van der Waals surface area contributed by atoms with Crippen molar-refractivity contribution in [1.82, 2.24) is 40.3 Å². The van der Waals surface area contributed by atoms with Gasteiger partial charge in [0, 0.05) is 54.8 Å². The lowest BCUT2D eigenvalue weighted by Gasteiger charge is -2.37. The molecule has 85 heavy (non-hydrogen) atoms. The second-order valence-electron chi connectivity index (χ2n) is 23.3. The standard InChI is InChI=1S/C16H13ClN6S.C12H25B2O4.C12H16BNO2S.C10H9Cl2N5.C6H4BrNS/c17-11-8-19-16(13-4-3-10(24-13)5-6-18)21-15(11)20-14-7-12(22-23-14)9-1-2-9;1-9(2,15)10(3,4)16-13-14-17-11(5,6)12(7,8)18-14;1-11(2)12(3,4)16-13(15-11)10-6-5-9(17-10)7-8-14;11-6-4-13-10(12)15-9(6)14-8-3-7(16-17-8)5-1-2-5;7-6-2-1-5(9-6)3-4-8/h3-4,7-9H,1-2,5H2,(H2,19,20,21,22,23);15H,1-8H3;5-6H,7H2,1-4H3;3-5H,1-2H2,(H2,13,14,15,16,17);1-2H,3H2. The zero-order valence-corrected chi connectivity index (χ0v) is 55.7. The highest BCUT2D eigenvalue weighted by atomic mass is 79.9. The van der Waals surface area contributed by atoms with Crippen LogP contribution in [0.4, 0.5) is 23.3 Å². The van der Waals surface area contributed by atoms with Gasteiger partial charge >= 0.3 is 21.5 Å². The summed E-state index contributed by atoms with van der Waals surface area (Å²) in [7, 11) is 0.697. The van der Waals surface area contributed by atoms with E-state index in [2.05, 4.69) is 85.1 Å². The lowest BCUT2D eigenvalue weighted by Crippen LogP contribution is -2.50. The second kappa shape index (κ2) is 28.5. The van der Waals surface area contributed by atoms with Gasteiger partial charge in [-0.1, -0.05) is 29.3 Å². The Morgan fingerprint density at radius 1 is 0.682 bits per heavy atom. The molecule has 0 spiro atoms. The fraction of sp³-hybridized carbons (Fsp3) is 0.482. The number of H-pyrrole nitrogens is 2. The van der Waals surface area contributed by atoms with Crippen molar-refractivity contribution >= 4 is 134 Å². The molecule has 2 saturated heterocycles. The minimum atomic E-state index is -0.951. The molecule has 5 N–H and O–H groups in total. The quantitative estimate of drug-likeness (QED) is 0.0471. The molecule has 11 rings (SSSR count). The molecule has 19 nitrogen and oxygen atoms in total. The Morgan fingerprint density at radius 2 is 1.14 bits per heavy atom. The van der Waals surface area contributed by atoms with Crippen LogP contribution in [0.1, 0.15) is 147 Å². The Balaban J connectivity index is 0.000000156. The van der Waals surface area contributed by atoms with Crippen molar-refractivity contribution < 1.29 is 28.4 Å². The number of aliphatic hydroxyl groups is 1. The van der Waals surface area contributed by atoms with Crippen molar-refractivity contribution in [3.63, 3.8) is 0 Å². The lowest BCUT2D eigenvalue weighted by molar-refractivity contribution is -0.0894. The first-order chi connectivity index (χ1) is 39.9. The van der Waals surface area contributed by atoms with Gasteiger partial charge in [-0.15, -0.1) is 34.0 Å². The summed E-state index contributed by atoms with van der Waals surface area (Å²) in [5, 5.41) is 57.3. The van der Waals surface area contributed by atoms with Gasteiger partial charge in [0.15, 0.2) is 29.1 Å². The van der Waals surface area contributed by atoms with Crippen LogP contribution in [-0.2, 0) is 42.5 Å². The Bertz CT molecular complexity index is 3470. The van der Waals surface area contributed by atoms with Crippen molar-refractivity contribution in [2.75, 3.05) is 10.6 Å². The number of anilines is 4. The number of aromatic amines is 2. The molecule has 0 bridgehead atoms. The molecule has 447 valence electrons. The van der Waals surface area contributed by atoms with E-state index in [1.54, 1.807) is 42.7 Å². The van der Waals surface area contributed by atoms with Crippen LogP contribution in [0.15, 0.2) is 64.7 Å². The van der Waals surface area contributed by atoms with Gasteiger partial charge in [0.05, 0.1) is 92.1 Å². The number of hydrogen-bond donors (Lipinski definition) is 5. The molecular weight excluding hydrogens is 1270 g/mol. The molecule has 7 aromatic rings. The highest BCUT2D eigenvalue weighted by Crippen LogP contribution is 2.42. The van der Waals surface area contributed by atoms with Crippen molar-refractivity contribution in [2.45, 2.75) is 173 Å². The largest absolute Gasteiger partial charge is 0.505 e. The SMILES string of the molecule is CC(C)(O)C(C)(C)O[B]B1OC(C)(C)C(C)(C)O1.CC1(C)OB(c2ccc(CC#N)s2)OC1(C)C.Clc1ncc(Cl)c(Nc2cc(C3CC3)[nH]n2)n1.N#CCc1ccc(-c2ncc(Cl)c(Nc3cc(C4CC4)[nH]n3)n2)s1.N#CCc1ccc(Br)s1. The van der Waals surface area contributed by atoms with E-state index in [0.717, 1.165) is 39.5 Å². The average molecular weight is 1330 g/mol. The Morgan fingerprint density at radius 3 is 1.62 bits per heavy atom. The maximum atomic E-state index is 10.00. The molecule has 4 fully saturated rings. The van der Waals surface area contributed by atoms with E-state index in [0.29, 0.717) is 70.2 Å². The predicted octanol–water partition coefficient (Wildman–Crippen LogP) is 13.8. The Hall–Kier alpha value is -4.95. The van der Waals surface area contributed by atoms with Crippen LogP contribution in [-0.4, -0.2) is 101 Å². The number of nitrogens with one attached hydrogen (secondary N) is 4. The number of hydrogen-bond acceptors (Lipinski definition) is 20. The van der Waals surface area contributed by atoms with E-state index in [1.807, 2.05) is 118 Å². The Kier molecular flexibility index (Phi) is 22.6. The van der Waals surface area contributed by atoms with E-state index in [4.69, 9.17) is 73.9 Å². The summed E-state index contributed by atoms with van der Waals surface area (Å²) in [6.07, 6.45) is 9.26. The molecule has 4 aliphatic rings. The van der Waals surface area contributed by atoms with Crippen molar-refractivity contribution in [1.29, 1.82) is 15.8 Å². The minimum absolute atomic E-state index is 0.148. The first-order valence-electron chi connectivity index (χ1n) is 27.2. The molecule has 2 aliphatic heterocycles. The monoisotopic (exact) mass is 1330 g/mol. The molecule has 7 aromatic heterocycles. The smallest absolute Gasteiger partial charge is 0.435 e. The molecule has 0 unspecified atom stereocenters. The van der Waals surface area contributed by atoms with Crippen LogP contribution in [0, 0.1) is 34.0 Å².